The van der Waals surface area contributed by atoms with E-state index in [-0.39, 0.29) is 0 Å². The van der Waals surface area contributed by atoms with Gasteiger partial charge in [0.05, 0.1) is 19.8 Å². The Morgan fingerprint density at radius 2 is 2.04 bits per heavy atom. The summed E-state index contributed by atoms with van der Waals surface area (Å²) < 4.78 is 12.4. The summed E-state index contributed by atoms with van der Waals surface area (Å²) in [5, 5.41) is 9.76. The number of anilines is 1. The summed E-state index contributed by atoms with van der Waals surface area (Å²) in [7, 11) is 3.16. The minimum atomic E-state index is -0.489. The quantitative estimate of drug-likeness (QED) is 0.686. The molecule has 1 aromatic carbocycles. The molecule has 4 rings (SSSR count). The van der Waals surface area contributed by atoms with Gasteiger partial charge in [-0.05, 0) is 36.6 Å². The lowest BCUT2D eigenvalue weighted by molar-refractivity contribution is -0.115. The fourth-order valence-corrected chi connectivity index (χ4v) is 4.10. The van der Waals surface area contributed by atoms with Crippen molar-refractivity contribution in [2.24, 2.45) is 5.73 Å². The van der Waals surface area contributed by atoms with Gasteiger partial charge in [0, 0.05) is 16.1 Å². The summed E-state index contributed by atoms with van der Waals surface area (Å²) in [5.74, 6) is 1.77. The molecule has 0 bridgehead atoms. The highest BCUT2D eigenvalue weighted by atomic mass is 32.1. The van der Waals surface area contributed by atoms with Gasteiger partial charge in [-0.3, -0.25) is 4.79 Å². The van der Waals surface area contributed by atoms with Crippen molar-refractivity contribution in [3.8, 4) is 22.9 Å². The Labute approximate surface area is 165 Å². The molecule has 9 heteroatoms. The van der Waals surface area contributed by atoms with Gasteiger partial charge in [-0.1, -0.05) is 6.07 Å². The van der Waals surface area contributed by atoms with Crippen molar-refractivity contribution in [1.82, 2.24) is 14.8 Å². The maximum Gasteiger partial charge on any atom is 0.248 e. The molecule has 144 valence electrons. The third-order valence-corrected chi connectivity index (χ3v) is 5.50. The van der Waals surface area contributed by atoms with Crippen molar-refractivity contribution >= 4 is 23.2 Å². The van der Waals surface area contributed by atoms with Crippen molar-refractivity contribution in [3.63, 3.8) is 0 Å². The fourth-order valence-electron chi connectivity index (χ4n) is 3.28. The number of nitrogens with two attached hydrogens (primary N) is 1. The monoisotopic (exact) mass is 397 g/mol. The first-order chi connectivity index (χ1) is 13.5. The average molecular weight is 397 g/mol. The highest BCUT2D eigenvalue weighted by molar-refractivity contribution is 7.10. The number of allylic oxidation sites excluding steroid dienone is 1. The number of ether oxygens (including phenoxy) is 2. The second kappa shape index (κ2) is 7.01. The Bertz CT molecular complexity index is 1070. The van der Waals surface area contributed by atoms with Crippen molar-refractivity contribution in [3.05, 3.63) is 51.9 Å². The largest absolute Gasteiger partial charge is 0.493 e. The predicted molar refractivity (Wildman–Crippen MR) is 107 cm³/mol. The lowest BCUT2D eigenvalue weighted by Crippen LogP contribution is -2.31. The number of hydrogen-bond donors (Lipinski definition) is 2. The highest BCUT2D eigenvalue weighted by Gasteiger charge is 2.34. The Kier molecular flexibility index (Phi) is 4.52. The number of methoxy groups -OCH3 is 2. The molecule has 2 aromatic heterocycles. The topological polar surface area (TPSA) is 104 Å². The van der Waals surface area contributed by atoms with Gasteiger partial charge in [-0.25, -0.2) is 4.68 Å². The van der Waals surface area contributed by atoms with Crippen molar-refractivity contribution in [1.29, 1.82) is 0 Å². The molecule has 1 unspecified atom stereocenters. The molecule has 1 amide bonds. The van der Waals surface area contributed by atoms with E-state index in [1.54, 1.807) is 25.0 Å². The number of amides is 1. The lowest BCUT2D eigenvalue weighted by atomic mass is 10.0. The van der Waals surface area contributed by atoms with E-state index in [4.69, 9.17) is 15.2 Å². The van der Waals surface area contributed by atoms with Crippen LogP contribution in [0.25, 0.3) is 11.4 Å². The number of hydrogen-bond acceptors (Lipinski definition) is 7. The molecular formula is C19H19N5O3S. The van der Waals surface area contributed by atoms with Crippen LogP contribution < -0.4 is 20.5 Å². The van der Waals surface area contributed by atoms with E-state index in [0.29, 0.717) is 34.5 Å². The zero-order chi connectivity index (χ0) is 19.8. The molecule has 3 heterocycles. The molecule has 0 saturated carbocycles. The van der Waals surface area contributed by atoms with Crippen LogP contribution in [0.4, 0.5) is 5.95 Å². The van der Waals surface area contributed by atoms with Crippen LogP contribution in [0.1, 0.15) is 17.8 Å². The first kappa shape index (κ1) is 18.1. The number of primary amides is 1. The second-order valence-electron chi connectivity index (χ2n) is 6.22. The maximum atomic E-state index is 12.1. The van der Waals surface area contributed by atoms with Gasteiger partial charge in [-0.2, -0.15) is 4.98 Å². The number of thiophene rings is 1. The lowest BCUT2D eigenvalue weighted by Gasteiger charge is -2.26. The van der Waals surface area contributed by atoms with Gasteiger partial charge in [0.1, 0.15) is 6.04 Å². The van der Waals surface area contributed by atoms with E-state index >= 15 is 0 Å². The Morgan fingerprint density at radius 1 is 1.25 bits per heavy atom. The summed E-state index contributed by atoms with van der Waals surface area (Å²) in [6.45, 7) is 1.81. The Hall–Kier alpha value is -3.33. The molecular weight excluding hydrogens is 378 g/mol. The smallest absolute Gasteiger partial charge is 0.248 e. The normalized spacial score (nSPS) is 15.8. The summed E-state index contributed by atoms with van der Waals surface area (Å²) in [4.78, 5) is 17.7. The zero-order valence-corrected chi connectivity index (χ0v) is 16.4. The molecule has 1 atom stereocenters. The standard InChI is InChI=1S/C19H19N5O3S/c1-10-15(17(20)25)16(14-5-4-8-28-14)24-19(21-10)22-18(23-24)11-6-7-12(26-2)13(9-11)27-3/h4-9,16H,1-3H3,(H2,20,25)(H,21,22,23). The van der Waals surface area contributed by atoms with E-state index in [1.807, 2.05) is 36.6 Å². The summed E-state index contributed by atoms with van der Waals surface area (Å²) >= 11 is 1.54. The molecule has 0 aliphatic carbocycles. The molecule has 1 aliphatic heterocycles. The zero-order valence-electron chi connectivity index (χ0n) is 15.6. The minimum Gasteiger partial charge on any atom is -0.493 e. The van der Waals surface area contributed by atoms with Gasteiger partial charge in [-0.15, -0.1) is 16.4 Å². The first-order valence-electron chi connectivity index (χ1n) is 8.53. The van der Waals surface area contributed by atoms with Crippen LogP contribution in [0.5, 0.6) is 11.5 Å². The van der Waals surface area contributed by atoms with Crippen molar-refractivity contribution in [2.45, 2.75) is 13.0 Å². The minimum absolute atomic E-state index is 0.421. The number of benzene rings is 1. The molecule has 0 spiro atoms. The van der Waals surface area contributed by atoms with Gasteiger partial charge in [0.15, 0.2) is 17.3 Å². The number of aromatic nitrogens is 3. The van der Waals surface area contributed by atoms with E-state index in [0.717, 1.165) is 10.4 Å². The number of carbonyl (C=O) groups is 1. The van der Waals surface area contributed by atoms with Crippen LogP contribution in [-0.2, 0) is 4.79 Å². The second-order valence-corrected chi connectivity index (χ2v) is 7.20. The summed E-state index contributed by atoms with van der Waals surface area (Å²) in [6.07, 6.45) is 0. The average Bonchev–Trinajstić information content (AvgIpc) is 3.35. The molecule has 28 heavy (non-hydrogen) atoms. The maximum absolute atomic E-state index is 12.1. The van der Waals surface area contributed by atoms with Crippen LogP contribution in [0, 0.1) is 0 Å². The van der Waals surface area contributed by atoms with Gasteiger partial charge in [0.2, 0.25) is 11.9 Å². The van der Waals surface area contributed by atoms with Crippen molar-refractivity contribution < 1.29 is 14.3 Å². The molecule has 8 nitrogen and oxygen atoms in total. The predicted octanol–water partition coefficient (Wildman–Crippen LogP) is 2.80. The number of nitrogens with one attached hydrogen (secondary N) is 1. The number of carbonyl (C=O) groups excluding carboxylic acids is 1. The highest BCUT2D eigenvalue weighted by Crippen LogP contribution is 2.38. The van der Waals surface area contributed by atoms with E-state index in [1.165, 1.54) is 11.3 Å². The molecule has 0 saturated heterocycles. The molecule has 0 fully saturated rings. The summed E-state index contributed by atoms with van der Waals surface area (Å²) in [6, 6.07) is 8.94. The number of rotatable bonds is 5. The molecule has 1 aliphatic rings. The first-order valence-corrected chi connectivity index (χ1v) is 9.41. The van der Waals surface area contributed by atoms with Crippen molar-refractivity contribution in [2.75, 3.05) is 19.5 Å². The summed E-state index contributed by atoms with van der Waals surface area (Å²) in [5.41, 5.74) is 7.58. The third-order valence-electron chi connectivity index (χ3n) is 4.57. The van der Waals surface area contributed by atoms with Gasteiger partial charge in [0.25, 0.3) is 0 Å². The van der Waals surface area contributed by atoms with Crippen LogP contribution in [-0.4, -0.2) is 34.9 Å². The molecule has 0 radical (unpaired) electrons. The van der Waals surface area contributed by atoms with E-state index < -0.39 is 11.9 Å². The fraction of sp³-hybridized carbons (Fsp3) is 0.211. The van der Waals surface area contributed by atoms with Gasteiger partial charge >= 0.3 is 0 Å². The van der Waals surface area contributed by atoms with Crippen LogP contribution in [0.15, 0.2) is 47.0 Å². The van der Waals surface area contributed by atoms with E-state index in [2.05, 4.69) is 15.4 Å². The number of nitrogens with zero attached hydrogens (tertiary/aromatic N) is 3. The molecule has 3 N–H and O–H groups in total. The van der Waals surface area contributed by atoms with Gasteiger partial charge < -0.3 is 20.5 Å². The van der Waals surface area contributed by atoms with Crippen LogP contribution >= 0.6 is 11.3 Å². The number of fused-ring (bicyclic) bond motifs is 1. The Balaban J connectivity index is 1.83. The third kappa shape index (κ3) is 2.89. The van der Waals surface area contributed by atoms with E-state index in [9.17, 15) is 4.79 Å². The molecule has 3 aromatic rings. The van der Waals surface area contributed by atoms with Crippen LogP contribution in [0.2, 0.25) is 0 Å². The Morgan fingerprint density at radius 3 is 2.68 bits per heavy atom. The van der Waals surface area contributed by atoms with Crippen LogP contribution in [0.3, 0.4) is 0 Å². The SMILES string of the molecule is COc1ccc(-c2nc3n(n2)C(c2cccs2)C(C(N)=O)=C(C)N3)cc1OC.